The summed E-state index contributed by atoms with van der Waals surface area (Å²) in [4.78, 5) is 0. The lowest BCUT2D eigenvalue weighted by molar-refractivity contribution is 0.261. The fourth-order valence-electron chi connectivity index (χ4n) is 1.19. The van der Waals surface area contributed by atoms with Crippen LogP contribution in [0.15, 0.2) is 22.7 Å². The molecule has 1 aromatic rings. The molecule has 14 heavy (non-hydrogen) atoms. The Morgan fingerprint density at radius 1 is 1.57 bits per heavy atom. The number of aliphatic hydroxyl groups excluding tert-OH is 1. The average Bonchev–Trinajstić information content (AvgIpc) is 2.20. The van der Waals surface area contributed by atoms with Crippen LogP contribution in [0, 0.1) is 0 Å². The molecule has 0 spiro atoms. The third-order valence-corrected chi connectivity index (χ3v) is 2.36. The summed E-state index contributed by atoms with van der Waals surface area (Å²) in [5, 5.41) is 8.98. The van der Waals surface area contributed by atoms with Crippen LogP contribution in [0.5, 0.6) is 5.75 Å². The number of hydrogen-bond donors (Lipinski definition) is 2. The maximum Gasteiger partial charge on any atom is 0.124 e. The predicted octanol–water partition coefficient (Wildman–Crippen LogP) is 1.84. The van der Waals surface area contributed by atoms with Crippen LogP contribution in [0.2, 0.25) is 0 Å². The normalized spacial score (nSPS) is 12.6. The standard InChI is InChI=1S/C10H14BrNO2/c1-2-14-10-4-3-7(11)5-8(10)9(12)6-13/h3-5,9,13H,2,6,12H2,1H3/t9-/m1/s1. The van der Waals surface area contributed by atoms with Crippen molar-refractivity contribution in [3.8, 4) is 5.75 Å². The Kier molecular flexibility index (Phi) is 4.38. The van der Waals surface area contributed by atoms with Gasteiger partial charge in [-0.15, -0.1) is 0 Å². The highest BCUT2D eigenvalue weighted by molar-refractivity contribution is 9.10. The van der Waals surface area contributed by atoms with E-state index >= 15 is 0 Å². The summed E-state index contributed by atoms with van der Waals surface area (Å²) in [6, 6.07) is 5.21. The van der Waals surface area contributed by atoms with Gasteiger partial charge in [-0.3, -0.25) is 0 Å². The Labute approximate surface area is 92.0 Å². The van der Waals surface area contributed by atoms with Crippen LogP contribution in [0.25, 0.3) is 0 Å². The molecule has 0 bridgehead atoms. The summed E-state index contributed by atoms with van der Waals surface area (Å²) in [5.41, 5.74) is 6.57. The zero-order chi connectivity index (χ0) is 10.6. The van der Waals surface area contributed by atoms with Crippen molar-refractivity contribution in [3.63, 3.8) is 0 Å². The Hall–Kier alpha value is -0.580. The van der Waals surface area contributed by atoms with Crippen molar-refractivity contribution >= 4 is 15.9 Å². The van der Waals surface area contributed by atoms with Crippen molar-refractivity contribution in [2.75, 3.05) is 13.2 Å². The fraction of sp³-hybridized carbons (Fsp3) is 0.400. The molecule has 0 radical (unpaired) electrons. The summed E-state index contributed by atoms with van der Waals surface area (Å²) < 4.78 is 6.33. The zero-order valence-corrected chi connectivity index (χ0v) is 9.62. The average molecular weight is 260 g/mol. The number of hydrogen-bond acceptors (Lipinski definition) is 3. The van der Waals surface area contributed by atoms with Crippen molar-refractivity contribution in [3.05, 3.63) is 28.2 Å². The molecule has 0 aliphatic carbocycles. The van der Waals surface area contributed by atoms with E-state index in [1.807, 2.05) is 25.1 Å². The van der Waals surface area contributed by atoms with Crippen molar-refractivity contribution < 1.29 is 9.84 Å². The molecule has 4 heteroatoms. The fourth-order valence-corrected chi connectivity index (χ4v) is 1.57. The van der Waals surface area contributed by atoms with E-state index in [-0.39, 0.29) is 6.61 Å². The first-order valence-corrected chi connectivity index (χ1v) is 5.27. The second-order valence-corrected chi connectivity index (χ2v) is 3.82. The second-order valence-electron chi connectivity index (χ2n) is 2.90. The highest BCUT2D eigenvalue weighted by atomic mass is 79.9. The molecule has 0 amide bonds. The van der Waals surface area contributed by atoms with Crippen LogP contribution in [0.4, 0.5) is 0 Å². The molecule has 0 aliphatic rings. The van der Waals surface area contributed by atoms with Gasteiger partial charge in [-0.25, -0.2) is 0 Å². The van der Waals surface area contributed by atoms with Crippen LogP contribution >= 0.6 is 15.9 Å². The second kappa shape index (κ2) is 5.34. The SMILES string of the molecule is CCOc1ccc(Br)cc1[C@H](N)CO. The summed E-state index contributed by atoms with van der Waals surface area (Å²) in [5.74, 6) is 0.734. The smallest absolute Gasteiger partial charge is 0.124 e. The van der Waals surface area contributed by atoms with E-state index in [0.29, 0.717) is 6.61 Å². The number of rotatable bonds is 4. The van der Waals surface area contributed by atoms with Gasteiger partial charge in [0.2, 0.25) is 0 Å². The summed E-state index contributed by atoms with van der Waals surface area (Å²) in [7, 11) is 0. The highest BCUT2D eigenvalue weighted by Crippen LogP contribution is 2.27. The molecule has 0 saturated heterocycles. The van der Waals surface area contributed by atoms with Gasteiger partial charge >= 0.3 is 0 Å². The largest absolute Gasteiger partial charge is 0.494 e. The van der Waals surface area contributed by atoms with Gasteiger partial charge in [-0.05, 0) is 25.1 Å². The van der Waals surface area contributed by atoms with Crippen molar-refractivity contribution in [2.45, 2.75) is 13.0 Å². The number of nitrogens with two attached hydrogens (primary N) is 1. The maximum atomic E-state index is 8.98. The van der Waals surface area contributed by atoms with E-state index in [1.165, 1.54) is 0 Å². The van der Waals surface area contributed by atoms with Crippen LogP contribution in [-0.4, -0.2) is 18.3 Å². The third-order valence-electron chi connectivity index (χ3n) is 1.87. The molecule has 0 saturated carbocycles. The molecule has 1 atom stereocenters. The van der Waals surface area contributed by atoms with Crippen molar-refractivity contribution in [1.82, 2.24) is 0 Å². The van der Waals surface area contributed by atoms with E-state index < -0.39 is 6.04 Å². The Bertz CT molecular complexity index is 304. The molecule has 0 unspecified atom stereocenters. The van der Waals surface area contributed by atoms with Gasteiger partial charge in [0.25, 0.3) is 0 Å². The first-order valence-electron chi connectivity index (χ1n) is 4.47. The first kappa shape index (κ1) is 11.5. The minimum absolute atomic E-state index is 0.0868. The molecule has 0 heterocycles. The number of ether oxygens (including phenoxy) is 1. The molecular weight excluding hydrogens is 246 g/mol. The molecule has 0 aromatic heterocycles. The summed E-state index contributed by atoms with van der Waals surface area (Å²) in [6.07, 6.45) is 0. The van der Waals surface area contributed by atoms with E-state index in [4.69, 9.17) is 15.6 Å². The van der Waals surface area contributed by atoms with Gasteiger partial charge in [0.05, 0.1) is 19.3 Å². The van der Waals surface area contributed by atoms with Crippen molar-refractivity contribution in [2.24, 2.45) is 5.73 Å². The van der Waals surface area contributed by atoms with E-state index in [0.717, 1.165) is 15.8 Å². The summed E-state index contributed by atoms with van der Waals surface area (Å²) >= 11 is 3.35. The van der Waals surface area contributed by atoms with Gasteiger partial charge in [0, 0.05) is 10.0 Å². The minimum atomic E-state index is -0.394. The maximum absolute atomic E-state index is 8.98. The lowest BCUT2D eigenvalue weighted by Gasteiger charge is -2.14. The molecule has 3 nitrogen and oxygen atoms in total. The molecule has 78 valence electrons. The Morgan fingerprint density at radius 3 is 2.86 bits per heavy atom. The van der Waals surface area contributed by atoms with E-state index in [2.05, 4.69) is 15.9 Å². The minimum Gasteiger partial charge on any atom is -0.494 e. The molecule has 1 aromatic carbocycles. The lowest BCUT2D eigenvalue weighted by atomic mass is 10.1. The third kappa shape index (κ3) is 2.70. The van der Waals surface area contributed by atoms with Crippen LogP contribution in [-0.2, 0) is 0 Å². The van der Waals surface area contributed by atoms with Gasteiger partial charge in [-0.2, -0.15) is 0 Å². The zero-order valence-electron chi connectivity index (χ0n) is 8.03. The first-order chi connectivity index (χ1) is 6.69. The van der Waals surface area contributed by atoms with Gasteiger partial charge in [0.1, 0.15) is 5.75 Å². The van der Waals surface area contributed by atoms with Gasteiger partial charge < -0.3 is 15.6 Å². The van der Waals surface area contributed by atoms with E-state index in [9.17, 15) is 0 Å². The molecule has 0 fully saturated rings. The molecule has 0 aliphatic heterocycles. The summed E-state index contributed by atoms with van der Waals surface area (Å²) in [6.45, 7) is 2.42. The lowest BCUT2D eigenvalue weighted by Crippen LogP contribution is -2.15. The topological polar surface area (TPSA) is 55.5 Å². The predicted molar refractivity (Wildman–Crippen MR) is 59.3 cm³/mol. The molecular formula is C10H14BrNO2. The van der Waals surface area contributed by atoms with Crippen LogP contribution in [0.3, 0.4) is 0 Å². The van der Waals surface area contributed by atoms with Gasteiger partial charge in [-0.1, -0.05) is 15.9 Å². The monoisotopic (exact) mass is 259 g/mol. The molecule has 3 N–H and O–H groups in total. The van der Waals surface area contributed by atoms with Crippen molar-refractivity contribution in [1.29, 1.82) is 0 Å². The van der Waals surface area contributed by atoms with E-state index in [1.54, 1.807) is 0 Å². The van der Waals surface area contributed by atoms with Gasteiger partial charge in [0.15, 0.2) is 0 Å². The van der Waals surface area contributed by atoms with Crippen LogP contribution in [0.1, 0.15) is 18.5 Å². The Morgan fingerprint density at radius 2 is 2.29 bits per heavy atom. The quantitative estimate of drug-likeness (QED) is 0.868. The molecule has 1 rings (SSSR count). The number of benzene rings is 1. The number of halogens is 1. The van der Waals surface area contributed by atoms with Crippen LogP contribution < -0.4 is 10.5 Å². The number of aliphatic hydroxyl groups is 1. The Balaban J connectivity index is 3.02. The highest BCUT2D eigenvalue weighted by Gasteiger charge is 2.11.